The third-order valence-electron chi connectivity index (χ3n) is 7.26. The molecule has 0 aliphatic carbocycles. The first-order valence-electron chi connectivity index (χ1n) is 13.8. The summed E-state index contributed by atoms with van der Waals surface area (Å²) in [5.41, 5.74) is 0.394. The van der Waals surface area contributed by atoms with Gasteiger partial charge >= 0.3 is 6.18 Å². The van der Waals surface area contributed by atoms with Gasteiger partial charge in [0, 0.05) is 25.6 Å². The number of carbonyl (C=O) groups is 1. The number of carbonyl (C=O) groups excluding carboxylic acids is 1. The van der Waals surface area contributed by atoms with E-state index in [9.17, 15) is 18.0 Å². The predicted octanol–water partition coefficient (Wildman–Crippen LogP) is 6.57. The van der Waals surface area contributed by atoms with Crippen molar-refractivity contribution in [1.29, 1.82) is 0 Å². The number of nitrogens with one attached hydrogen (secondary N) is 1. The lowest BCUT2D eigenvalue weighted by atomic mass is 9.88. The van der Waals surface area contributed by atoms with E-state index in [0.29, 0.717) is 39.2 Å². The summed E-state index contributed by atoms with van der Waals surface area (Å²) in [6.07, 6.45) is -3.85. The molecule has 1 aliphatic heterocycles. The van der Waals surface area contributed by atoms with E-state index in [0.717, 1.165) is 34.2 Å². The lowest BCUT2D eigenvalue weighted by Gasteiger charge is -2.37. The van der Waals surface area contributed by atoms with Crippen molar-refractivity contribution in [3.63, 3.8) is 0 Å². The second-order valence-corrected chi connectivity index (χ2v) is 10.5. The van der Waals surface area contributed by atoms with Gasteiger partial charge in [-0.05, 0) is 59.2 Å². The fourth-order valence-corrected chi connectivity index (χ4v) is 5.32. The summed E-state index contributed by atoms with van der Waals surface area (Å²) >= 11 is 0. The van der Waals surface area contributed by atoms with Crippen LogP contribution in [0.5, 0.6) is 11.5 Å². The van der Waals surface area contributed by atoms with Crippen LogP contribution in [0.15, 0.2) is 97.1 Å². The molecule has 41 heavy (non-hydrogen) atoms. The molecule has 4 aromatic rings. The number of ether oxygens (including phenoxy) is 2. The summed E-state index contributed by atoms with van der Waals surface area (Å²) in [5, 5.41) is 5.31. The molecule has 0 bridgehead atoms. The molecule has 214 valence electrons. The number of nitrogens with zero attached hydrogens (tertiary/aromatic N) is 1. The average molecular weight is 563 g/mol. The van der Waals surface area contributed by atoms with Gasteiger partial charge in [0.15, 0.2) is 0 Å². The van der Waals surface area contributed by atoms with Crippen LogP contribution in [0.3, 0.4) is 0 Å². The van der Waals surface area contributed by atoms with E-state index in [4.69, 9.17) is 9.47 Å². The Hall–Kier alpha value is -4.04. The van der Waals surface area contributed by atoms with Crippen LogP contribution in [0, 0.1) is 11.8 Å². The molecule has 0 spiro atoms. The second-order valence-electron chi connectivity index (χ2n) is 10.5. The Morgan fingerprint density at radius 3 is 2.39 bits per heavy atom. The smallest absolute Gasteiger partial charge is 0.416 e. The van der Waals surface area contributed by atoms with Crippen LogP contribution < -0.4 is 14.8 Å². The summed E-state index contributed by atoms with van der Waals surface area (Å²) in [4.78, 5) is 15.4. The first kappa shape index (κ1) is 28.5. The van der Waals surface area contributed by atoms with Crippen molar-refractivity contribution in [1.82, 2.24) is 10.2 Å². The van der Waals surface area contributed by atoms with Gasteiger partial charge in [-0.1, -0.05) is 60.7 Å². The molecule has 5 nitrogen and oxygen atoms in total. The molecule has 0 saturated carbocycles. The van der Waals surface area contributed by atoms with Crippen LogP contribution in [0.4, 0.5) is 13.2 Å². The monoisotopic (exact) mass is 562 g/mol. The molecule has 1 saturated heterocycles. The summed E-state index contributed by atoms with van der Waals surface area (Å²) < 4.78 is 51.0. The molecule has 5 rings (SSSR count). The minimum atomic E-state index is -4.44. The van der Waals surface area contributed by atoms with Gasteiger partial charge < -0.3 is 14.8 Å². The number of benzene rings is 4. The van der Waals surface area contributed by atoms with Crippen LogP contribution in [-0.2, 0) is 17.5 Å². The van der Waals surface area contributed by atoms with Gasteiger partial charge in [-0.2, -0.15) is 13.2 Å². The van der Waals surface area contributed by atoms with Crippen molar-refractivity contribution in [3.05, 3.63) is 108 Å². The number of alkyl halides is 3. The number of fused-ring (bicyclic) bond motifs is 1. The Morgan fingerprint density at radius 1 is 0.829 bits per heavy atom. The molecule has 8 heteroatoms. The predicted molar refractivity (Wildman–Crippen MR) is 153 cm³/mol. The maximum atomic E-state index is 13.2. The highest BCUT2D eigenvalue weighted by molar-refractivity contribution is 5.83. The molecule has 1 aliphatic rings. The second kappa shape index (κ2) is 13.1. The topological polar surface area (TPSA) is 50.8 Å². The van der Waals surface area contributed by atoms with Crippen molar-refractivity contribution < 1.29 is 27.4 Å². The van der Waals surface area contributed by atoms with E-state index >= 15 is 0 Å². The van der Waals surface area contributed by atoms with Crippen molar-refractivity contribution in [2.75, 3.05) is 32.8 Å². The molecule has 2 atom stereocenters. The zero-order chi connectivity index (χ0) is 28.7. The molecule has 1 heterocycles. The highest BCUT2D eigenvalue weighted by atomic mass is 19.4. The fraction of sp³-hybridized carbons (Fsp3) is 0.303. The maximum absolute atomic E-state index is 13.2. The number of rotatable bonds is 10. The molecule has 0 aromatic heterocycles. The van der Waals surface area contributed by atoms with Crippen molar-refractivity contribution >= 4 is 16.7 Å². The molecule has 4 aromatic carbocycles. The number of piperidine rings is 1. The minimum Gasteiger partial charge on any atom is -0.493 e. The van der Waals surface area contributed by atoms with Crippen molar-refractivity contribution in [3.8, 4) is 11.5 Å². The highest BCUT2D eigenvalue weighted by Crippen LogP contribution is 2.32. The normalized spacial score (nSPS) is 17.7. The Balaban J connectivity index is 1.23. The van der Waals surface area contributed by atoms with E-state index < -0.39 is 11.7 Å². The lowest BCUT2D eigenvalue weighted by molar-refractivity contribution is -0.137. The highest BCUT2D eigenvalue weighted by Gasteiger charge is 2.33. The number of hydrogen-bond donors (Lipinski definition) is 1. The first-order valence-corrected chi connectivity index (χ1v) is 13.8. The van der Waals surface area contributed by atoms with Gasteiger partial charge in [0.1, 0.15) is 18.1 Å². The van der Waals surface area contributed by atoms with Crippen molar-refractivity contribution in [2.24, 2.45) is 11.8 Å². The van der Waals surface area contributed by atoms with Crippen LogP contribution >= 0.6 is 0 Å². The summed E-state index contributed by atoms with van der Waals surface area (Å²) in [6.45, 7) is 2.86. The number of hydrogen-bond acceptors (Lipinski definition) is 4. The number of likely N-dealkylation sites (tertiary alicyclic amines) is 1. The Morgan fingerprint density at radius 2 is 1.59 bits per heavy atom. The van der Waals surface area contributed by atoms with Crippen LogP contribution in [-0.4, -0.2) is 43.7 Å². The molecule has 0 radical (unpaired) electrons. The summed E-state index contributed by atoms with van der Waals surface area (Å²) in [7, 11) is 0. The minimum absolute atomic E-state index is 0.0323. The van der Waals surface area contributed by atoms with Gasteiger partial charge in [0.2, 0.25) is 5.91 Å². The van der Waals surface area contributed by atoms with E-state index in [1.54, 1.807) is 0 Å². The average Bonchev–Trinajstić information content (AvgIpc) is 2.98. The van der Waals surface area contributed by atoms with Gasteiger partial charge in [0.25, 0.3) is 0 Å². The SMILES string of the molecule is O=C(NCCOc1ccccc1)[C@@H]1C[C@H](COc2cccc(C(F)(F)F)c2)CN(Cc2ccc3ccccc3c2)C1. The lowest BCUT2D eigenvalue weighted by Crippen LogP contribution is -2.47. The van der Waals surface area contributed by atoms with Crippen molar-refractivity contribution in [2.45, 2.75) is 19.1 Å². The number of para-hydroxylation sites is 1. The van der Waals surface area contributed by atoms with E-state index in [-0.39, 0.29) is 30.1 Å². The van der Waals surface area contributed by atoms with Gasteiger partial charge in [-0.25, -0.2) is 0 Å². The van der Waals surface area contributed by atoms with Crippen LogP contribution in [0.25, 0.3) is 10.8 Å². The number of halogens is 3. The van der Waals surface area contributed by atoms with Gasteiger partial charge in [-0.15, -0.1) is 0 Å². The van der Waals surface area contributed by atoms with E-state index in [1.165, 1.54) is 12.1 Å². The van der Waals surface area contributed by atoms with Crippen LogP contribution in [0.1, 0.15) is 17.5 Å². The quantitative estimate of drug-likeness (QED) is 0.222. The van der Waals surface area contributed by atoms with E-state index in [2.05, 4.69) is 40.5 Å². The third-order valence-corrected chi connectivity index (χ3v) is 7.26. The molecular weight excluding hydrogens is 529 g/mol. The summed E-state index contributed by atoms with van der Waals surface area (Å²) in [5.74, 6) is 0.540. The number of amides is 1. The summed E-state index contributed by atoms with van der Waals surface area (Å²) in [6, 6.07) is 28.9. The first-order chi connectivity index (χ1) is 19.8. The Kier molecular flexibility index (Phi) is 9.09. The largest absolute Gasteiger partial charge is 0.493 e. The van der Waals surface area contributed by atoms with Gasteiger partial charge in [-0.3, -0.25) is 9.69 Å². The molecule has 1 amide bonds. The maximum Gasteiger partial charge on any atom is 0.416 e. The third kappa shape index (κ3) is 8.01. The van der Waals surface area contributed by atoms with Crippen LogP contribution in [0.2, 0.25) is 0 Å². The van der Waals surface area contributed by atoms with Gasteiger partial charge in [0.05, 0.1) is 24.6 Å². The Labute approximate surface area is 237 Å². The zero-order valence-electron chi connectivity index (χ0n) is 22.6. The molecule has 1 fully saturated rings. The molecule has 0 unspecified atom stereocenters. The fourth-order valence-electron chi connectivity index (χ4n) is 5.32. The zero-order valence-corrected chi connectivity index (χ0v) is 22.6. The molecular formula is C33H33F3N2O3. The Bertz CT molecular complexity index is 1440. The van der Waals surface area contributed by atoms with E-state index in [1.807, 2.05) is 42.5 Å². The molecule has 1 N–H and O–H groups in total. The standard InChI is InChI=1S/C33H33F3N2O3/c34-33(35,36)29-9-6-12-31(19-29)41-23-25-18-28(32(39)37-15-16-40-30-10-2-1-3-11-30)22-38(21-25)20-24-13-14-26-7-4-5-8-27(26)17-24/h1-14,17,19,25,28H,15-16,18,20-23H2,(H,37,39)/t25-,28+/m0/s1.